The maximum atomic E-state index is 12.9. The standard InChI is InChI=1S/C18H26F3N3S/c1-23-15(10-16(22-23)18(19,20)21)13-2-4-14(5-3-13)24-8-6-17(11-24)7-9-25-12-17/h10,13-14H,2-9,11-12H2,1H3/t13?,14?,17-/m0/s1. The molecule has 1 spiro atoms. The molecule has 25 heavy (non-hydrogen) atoms. The summed E-state index contributed by atoms with van der Waals surface area (Å²) in [6, 6.07) is 1.88. The summed E-state index contributed by atoms with van der Waals surface area (Å²) in [7, 11) is 1.64. The number of hydrogen-bond donors (Lipinski definition) is 0. The zero-order chi connectivity index (χ0) is 17.7. The lowest BCUT2D eigenvalue weighted by atomic mass is 9.83. The summed E-state index contributed by atoms with van der Waals surface area (Å²) in [6.45, 7) is 2.44. The molecule has 7 heteroatoms. The van der Waals surface area contributed by atoms with Crippen molar-refractivity contribution in [2.24, 2.45) is 12.5 Å². The average Bonchev–Trinajstić information content (AvgIpc) is 3.29. The number of halogens is 3. The maximum absolute atomic E-state index is 12.9. The van der Waals surface area contributed by atoms with E-state index in [-0.39, 0.29) is 5.92 Å². The van der Waals surface area contributed by atoms with Crippen molar-refractivity contribution in [2.45, 2.75) is 56.7 Å². The number of aromatic nitrogens is 2. The van der Waals surface area contributed by atoms with Crippen molar-refractivity contribution in [2.75, 3.05) is 24.6 Å². The van der Waals surface area contributed by atoms with Gasteiger partial charge in [-0.3, -0.25) is 9.58 Å². The monoisotopic (exact) mass is 373 g/mol. The topological polar surface area (TPSA) is 21.1 Å². The first-order valence-electron chi connectivity index (χ1n) is 9.29. The summed E-state index contributed by atoms with van der Waals surface area (Å²) in [5.74, 6) is 2.83. The smallest absolute Gasteiger partial charge is 0.300 e. The van der Waals surface area contributed by atoms with Gasteiger partial charge in [0.2, 0.25) is 0 Å². The maximum Gasteiger partial charge on any atom is 0.435 e. The first-order valence-corrected chi connectivity index (χ1v) is 10.4. The molecule has 2 aliphatic heterocycles. The van der Waals surface area contributed by atoms with E-state index in [1.54, 1.807) is 7.05 Å². The Morgan fingerprint density at radius 3 is 2.56 bits per heavy atom. The van der Waals surface area contributed by atoms with Gasteiger partial charge in [-0.1, -0.05) is 0 Å². The normalized spacial score (nSPS) is 34.2. The molecule has 1 aromatic heterocycles. The second kappa shape index (κ2) is 6.48. The van der Waals surface area contributed by atoms with Crippen LogP contribution in [0.2, 0.25) is 0 Å². The molecular weight excluding hydrogens is 347 g/mol. The van der Waals surface area contributed by atoms with Crippen LogP contribution >= 0.6 is 11.8 Å². The fourth-order valence-corrected chi connectivity index (χ4v) is 6.53. The van der Waals surface area contributed by atoms with E-state index in [0.29, 0.717) is 11.5 Å². The van der Waals surface area contributed by atoms with E-state index in [1.807, 2.05) is 0 Å². The molecule has 3 heterocycles. The van der Waals surface area contributed by atoms with Crippen molar-refractivity contribution in [1.82, 2.24) is 14.7 Å². The summed E-state index contributed by atoms with van der Waals surface area (Å²) in [4.78, 5) is 2.67. The zero-order valence-electron chi connectivity index (χ0n) is 14.7. The van der Waals surface area contributed by atoms with Gasteiger partial charge in [0.1, 0.15) is 0 Å². The van der Waals surface area contributed by atoms with Gasteiger partial charge >= 0.3 is 6.18 Å². The molecule has 4 rings (SSSR count). The summed E-state index contributed by atoms with van der Waals surface area (Å²) in [6.07, 6.45) is 2.48. The highest BCUT2D eigenvalue weighted by Crippen LogP contribution is 2.46. The molecule has 2 saturated heterocycles. The summed E-state index contributed by atoms with van der Waals surface area (Å²) in [5, 5.41) is 3.68. The van der Waals surface area contributed by atoms with Gasteiger partial charge in [-0.25, -0.2) is 0 Å². The Hall–Kier alpha value is -0.690. The van der Waals surface area contributed by atoms with Crippen LogP contribution in [0.1, 0.15) is 55.8 Å². The Bertz CT molecular complexity index is 614. The highest BCUT2D eigenvalue weighted by atomic mass is 32.2. The zero-order valence-corrected chi connectivity index (χ0v) is 15.5. The van der Waals surface area contributed by atoms with Crippen LogP contribution in [-0.4, -0.2) is 45.3 Å². The third-order valence-electron chi connectivity index (χ3n) is 6.49. The highest BCUT2D eigenvalue weighted by Gasteiger charge is 2.43. The Kier molecular flexibility index (Phi) is 4.59. The quantitative estimate of drug-likeness (QED) is 0.771. The predicted octanol–water partition coefficient (Wildman–Crippen LogP) is 4.29. The van der Waals surface area contributed by atoms with E-state index in [2.05, 4.69) is 21.8 Å². The molecule has 0 bridgehead atoms. The number of thioether (sulfide) groups is 1. The van der Waals surface area contributed by atoms with Crippen molar-refractivity contribution in [1.29, 1.82) is 0 Å². The molecule has 3 nitrogen and oxygen atoms in total. The van der Waals surface area contributed by atoms with Crippen LogP contribution in [0.5, 0.6) is 0 Å². The van der Waals surface area contributed by atoms with E-state index < -0.39 is 11.9 Å². The van der Waals surface area contributed by atoms with Crippen LogP contribution in [0.25, 0.3) is 0 Å². The molecule has 1 saturated carbocycles. The lowest BCUT2D eigenvalue weighted by Gasteiger charge is -2.35. The third kappa shape index (κ3) is 3.46. The first-order chi connectivity index (χ1) is 11.9. The first kappa shape index (κ1) is 17.7. The highest BCUT2D eigenvalue weighted by molar-refractivity contribution is 7.99. The molecule has 140 valence electrons. The number of likely N-dealkylation sites (tertiary alicyclic amines) is 1. The van der Waals surface area contributed by atoms with Gasteiger partial charge < -0.3 is 0 Å². The molecule has 1 atom stereocenters. The molecule has 3 aliphatic rings. The van der Waals surface area contributed by atoms with Crippen LogP contribution in [0.15, 0.2) is 6.07 Å². The largest absolute Gasteiger partial charge is 0.435 e. The van der Waals surface area contributed by atoms with Crippen molar-refractivity contribution in [3.05, 3.63) is 17.5 Å². The molecule has 3 fully saturated rings. The molecular formula is C18H26F3N3S. The van der Waals surface area contributed by atoms with Gasteiger partial charge in [0.25, 0.3) is 0 Å². The fraction of sp³-hybridized carbons (Fsp3) is 0.833. The average molecular weight is 373 g/mol. The van der Waals surface area contributed by atoms with E-state index in [1.165, 1.54) is 48.2 Å². The van der Waals surface area contributed by atoms with E-state index in [0.717, 1.165) is 31.4 Å². The summed E-state index contributed by atoms with van der Waals surface area (Å²) < 4.78 is 40.1. The number of hydrogen-bond acceptors (Lipinski definition) is 3. The van der Waals surface area contributed by atoms with Gasteiger partial charge in [-0.15, -0.1) is 0 Å². The number of alkyl halides is 3. The summed E-state index contributed by atoms with van der Waals surface area (Å²) >= 11 is 2.09. The fourth-order valence-electron chi connectivity index (χ4n) is 4.99. The van der Waals surface area contributed by atoms with Gasteiger partial charge in [-0.2, -0.15) is 30.0 Å². The Balaban J connectivity index is 1.37. The van der Waals surface area contributed by atoms with Crippen molar-refractivity contribution in [3.8, 4) is 0 Å². The lowest BCUT2D eigenvalue weighted by Crippen LogP contribution is -2.38. The molecule has 1 aromatic rings. The van der Waals surface area contributed by atoms with Crippen molar-refractivity contribution >= 4 is 11.8 Å². The summed E-state index contributed by atoms with van der Waals surface area (Å²) in [5.41, 5.74) is 0.550. The van der Waals surface area contributed by atoms with Crippen molar-refractivity contribution < 1.29 is 13.2 Å². The molecule has 0 amide bonds. The molecule has 0 N–H and O–H groups in total. The Labute approximate surface area is 151 Å². The van der Waals surface area contributed by atoms with Gasteiger partial charge in [0, 0.05) is 37.0 Å². The van der Waals surface area contributed by atoms with E-state index >= 15 is 0 Å². The van der Waals surface area contributed by atoms with Crippen LogP contribution in [0.3, 0.4) is 0 Å². The van der Waals surface area contributed by atoms with Crippen LogP contribution in [0.4, 0.5) is 13.2 Å². The molecule has 0 aromatic carbocycles. The number of aryl methyl sites for hydroxylation is 1. The van der Waals surface area contributed by atoms with Crippen LogP contribution < -0.4 is 0 Å². The Morgan fingerprint density at radius 2 is 1.96 bits per heavy atom. The van der Waals surface area contributed by atoms with Gasteiger partial charge in [0.05, 0.1) is 0 Å². The second-order valence-electron chi connectivity index (χ2n) is 8.10. The number of rotatable bonds is 2. The van der Waals surface area contributed by atoms with Crippen LogP contribution in [-0.2, 0) is 13.2 Å². The Morgan fingerprint density at radius 1 is 1.20 bits per heavy atom. The molecule has 0 unspecified atom stereocenters. The van der Waals surface area contributed by atoms with E-state index in [9.17, 15) is 13.2 Å². The predicted molar refractivity (Wildman–Crippen MR) is 93.8 cm³/mol. The minimum absolute atomic E-state index is 0.212. The molecule has 0 radical (unpaired) electrons. The van der Waals surface area contributed by atoms with Gasteiger partial charge in [0.15, 0.2) is 5.69 Å². The van der Waals surface area contributed by atoms with Crippen LogP contribution in [0, 0.1) is 5.41 Å². The SMILES string of the molecule is Cn1nc(C(F)(F)F)cc1C1CCC(N2CC[C@]3(CCSC3)C2)CC1. The van der Waals surface area contributed by atoms with E-state index in [4.69, 9.17) is 0 Å². The van der Waals surface area contributed by atoms with Gasteiger partial charge in [-0.05, 0) is 62.3 Å². The lowest BCUT2D eigenvalue weighted by molar-refractivity contribution is -0.141. The minimum atomic E-state index is -4.35. The molecule has 1 aliphatic carbocycles. The minimum Gasteiger partial charge on any atom is -0.300 e. The third-order valence-corrected chi connectivity index (χ3v) is 7.80. The second-order valence-corrected chi connectivity index (χ2v) is 9.21. The number of nitrogens with zero attached hydrogens (tertiary/aromatic N) is 3. The van der Waals surface area contributed by atoms with Crippen molar-refractivity contribution in [3.63, 3.8) is 0 Å².